The van der Waals surface area contributed by atoms with Crippen molar-refractivity contribution in [2.45, 2.75) is 27.2 Å². The summed E-state index contributed by atoms with van der Waals surface area (Å²) in [7, 11) is 0. The molecule has 4 heteroatoms. The molecule has 2 rings (SSSR count). The molecule has 0 radical (unpaired) electrons. The molecule has 0 atom stereocenters. The molecule has 1 aromatic carbocycles. The van der Waals surface area contributed by atoms with Crippen molar-refractivity contribution >= 4 is 17.4 Å². The van der Waals surface area contributed by atoms with Crippen LogP contribution in [-0.2, 0) is 0 Å². The molecule has 0 aliphatic rings. The molecule has 0 bridgehead atoms. The number of nitrogens with zero attached hydrogens (tertiary/aromatic N) is 1. The van der Waals surface area contributed by atoms with Crippen LogP contribution < -0.4 is 10.6 Å². The van der Waals surface area contributed by atoms with Gasteiger partial charge < -0.3 is 10.6 Å². The number of aryl methyl sites for hydroxylation is 2. The Labute approximate surface area is 125 Å². The van der Waals surface area contributed by atoms with Crippen molar-refractivity contribution in [3.63, 3.8) is 0 Å². The SMILES string of the molecule is CCCNc1ccc(C(=O)Nc2cccc(C)n2)cc1C. The van der Waals surface area contributed by atoms with Crippen LogP contribution in [0.2, 0.25) is 0 Å². The second-order valence-corrected chi connectivity index (χ2v) is 5.07. The highest BCUT2D eigenvalue weighted by molar-refractivity contribution is 6.04. The number of aromatic nitrogens is 1. The van der Waals surface area contributed by atoms with Gasteiger partial charge in [0.2, 0.25) is 0 Å². The van der Waals surface area contributed by atoms with Gasteiger partial charge in [-0.1, -0.05) is 13.0 Å². The van der Waals surface area contributed by atoms with Crippen LogP contribution in [0.4, 0.5) is 11.5 Å². The van der Waals surface area contributed by atoms with E-state index in [-0.39, 0.29) is 5.91 Å². The summed E-state index contributed by atoms with van der Waals surface area (Å²) in [5, 5.41) is 6.16. The first-order valence-electron chi connectivity index (χ1n) is 7.19. The van der Waals surface area contributed by atoms with Crippen LogP contribution in [0, 0.1) is 13.8 Å². The van der Waals surface area contributed by atoms with Gasteiger partial charge in [0.25, 0.3) is 5.91 Å². The van der Waals surface area contributed by atoms with Gasteiger partial charge in [0, 0.05) is 23.5 Å². The minimum atomic E-state index is -0.141. The summed E-state index contributed by atoms with van der Waals surface area (Å²) < 4.78 is 0. The average molecular weight is 283 g/mol. The van der Waals surface area contributed by atoms with Gasteiger partial charge in [0.15, 0.2) is 0 Å². The van der Waals surface area contributed by atoms with Gasteiger partial charge in [0.1, 0.15) is 5.82 Å². The van der Waals surface area contributed by atoms with E-state index in [1.165, 1.54) is 0 Å². The van der Waals surface area contributed by atoms with Gasteiger partial charge in [-0.2, -0.15) is 0 Å². The highest BCUT2D eigenvalue weighted by Crippen LogP contribution is 2.17. The van der Waals surface area contributed by atoms with Crippen molar-refractivity contribution in [2.24, 2.45) is 0 Å². The van der Waals surface area contributed by atoms with E-state index < -0.39 is 0 Å². The molecule has 0 aliphatic carbocycles. The summed E-state index contributed by atoms with van der Waals surface area (Å²) in [6.07, 6.45) is 1.07. The maximum absolute atomic E-state index is 12.2. The van der Waals surface area contributed by atoms with E-state index in [4.69, 9.17) is 0 Å². The summed E-state index contributed by atoms with van der Waals surface area (Å²) in [5.74, 6) is 0.434. The lowest BCUT2D eigenvalue weighted by molar-refractivity contribution is 0.102. The van der Waals surface area contributed by atoms with E-state index in [2.05, 4.69) is 22.5 Å². The predicted octanol–water partition coefficient (Wildman–Crippen LogP) is 3.77. The summed E-state index contributed by atoms with van der Waals surface area (Å²) in [6.45, 7) is 6.95. The average Bonchev–Trinajstić information content (AvgIpc) is 2.46. The smallest absolute Gasteiger partial charge is 0.256 e. The molecule has 1 aromatic heterocycles. The largest absolute Gasteiger partial charge is 0.385 e. The topological polar surface area (TPSA) is 54.0 Å². The Morgan fingerprint density at radius 2 is 2.00 bits per heavy atom. The van der Waals surface area contributed by atoms with Crippen molar-refractivity contribution in [2.75, 3.05) is 17.2 Å². The number of pyridine rings is 1. The number of rotatable bonds is 5. The van der Waals surface area contributed by atoms with E-state index >= 15 is 0 Å². The Bertz CT molecular complexity index is 638. The summed E-state index contributed by atoms with van der Waals surface area (Å²) >= 11 is 0. The quantitative estimate of drug-likeness (QED) is 0.878. The fourth-order valence-electron chi connectivity index (χ4n) is 2.06. The van der Waals surface area contributed by atoms with Crippen molar-refractivity contribution in [3.8, 4) is 0 Å². The standard InChI is InChI=1S/C17H21N3O/c1-4-10-18-15-9-8-14(11-12(15)2)17(21)20-16-7-5-6-13(3)19-16/h5-9,11,18H,4,10H2,1-3H3,(H,19,20,21). The van der Waals surface area contributed by atoms with Crippen molar-refractivity contribution in [1.82, 2.24) is 4.98 Å². The second kappa shape index (κ2) is 6.88. The normalized spacial score (nSPS) is 10.2. The van der Waals surface area contributed by atoms with E-state index in [0.29, 0.717) is 11.4 Å². The lowest BCUT2D eigenvalue weighted by Crippen LogP contribution is -2.13. The monoisotopic (exact) mass is 283 g/mol. The molecule has 110 valence electrons. The Morgan fingerprint density at radius 1 is 1.19 bits per heavy atom. The number of benzene rings is 1. The number of anilines is 2. The fourth-order valence-corrected chi connectivity index (χ4v) is 2.06. The highest BCUT2D eigenvalue weighted by Gasteiger charge is 2.08. The number of carbonyl (C=O) groups is 1. The first kappa shape index (κ1) is 15.0. The van der Waals surface area contributed by atoms with E-state index in [1.807, 2.05) is 44.2 Å². The maximum Gasteiger partial charge on any atom is 0.256 e. The molecule has 0 fully saturated rings. The molecule has 0 spiro atoms. The molecule has 0 saturated heterocycles. The molecule has 4 nitrogen and oxygen atoms in total. The minimum Gasteiger partial charge on any atom is -0.385 e. The molecular weight excluding hydrogens is 262 g/mol. The van der Waals surface area contributed by atoms with Gasteiger partial charge >= 0.3 is 0 Å². The number of hydrogen-bond donors (Lipinski definition) is 2. The van der Waals surface area contributed by atoms with Gasteiger partial charge in [0.05, 0.1) is 0 Å². The summed E-state index contributed by atoms with van der Waals surface area (Å²) in [6, 6.07) is 11.2. The molecule has 0 unspecified atom stereocenters. The van der Waals surface area contributed by atoms with Crippen LogP contribution in [0.3, 0.4) is 0 Å². The van der Waals surface area contributed by atoms with Crippen LogP contribution in [-0.4, -0.2) is 17.4 Å². The fraction of sp³-hybridized carbons (Fsp3) is 0.294. The van der Waals surface area contributed by atoms with Crippen LogP contribution in [0.1, 0.15) is 35.0 Å². The number of hydrogen-bond acceptors (Lipinski definition) is 3. The third-order valence-corrected chi connectivity index (χ3v) is 3.18. The van der Waals surface area contributed by atoms with Crippen molar-refractivity contribution < 1.29 is 4.79 Å². The van der Waals surface area contributed by atoms with E-state index in [9.17, 15) is 4.79 Å². The first-order valence-corrected chi connectivity index (χ1v) is 7.19. The summed E-state index contributed by atoms with van der Waals surface area (Å²) in [4.78, 5) is 16.5. The molecule has 2 N–H and O–H groups in total. The van der Waals surface area contributed by atoms with Crippen LogP contribution >= 0.6 is 0 Å². The number of carbonyl (C=O) groups excluding carboxylic acids is 1. The molecule has 0 aliphatic heterocycles. The third kappa shape index (κ3) is 4.05. The number of nitrogens with one attached hydrogen (secondary N) is 2. The minimum absolute atomic E-state index is 0.141. The molecule has 21 heavy (non-hydrogen) atoms. The lowest BCUT2D eigenvalue weighted by atomic mass is 10.1. The Balaban J connectivity index is 2.11. The van der Waals surface area contributed by atoms with Gasteiger partial charge in [-0.05, 0) is 56.2 Å². The van der Waals surface area contributed by atoms with E-state index in [0.717, 1.165) is 29.9 Å². The second-order valence-electron chi connectivity index (χ2n) is 5.07. The zero-order chi connectivity index (χ0) is 15.2. The number of amides is 1. The first-order chi connectivity index (χ1) is 10.1. The zero-order valence-corrected chi connectivity index (χ0v) is 12.7. The van der Waals surface area contributed by atoms with Gasteiger partial charge in [-0.15, -0.1) is 0 Å². The van der Waals surface area contributed by atoms with E-state index in [1.54, 1.807) is 6.07 Å². The Kier molecular flexibility index (Phi) is 4.93. The highest BCUT2D eigenvalue weighted by atomic mass is 16.1. The van der Waals surface area contributed by atoms with Gasteiger partial charge in [-0.25, -0.2) is 4.98 Å². The predicted molar refractivity (Wildman–Crippen MR) is 86.9 cm³/mol. The maximum atomic E-state index is 12.2. The molecular formula is C17H21N3O. The van der Waals surface area contributed by atoms with Crippen LogP contribution in [0.5, 0.6) is 0 Å². The van der Waals surface area contributed by atoms with Gasteiger partial charge in [-0.3, -0.25) is 4.79 Å². The zero-order valence-electron chi connectivity index (χ0n) is 12.7. The Hall–Kier alpha value is -2.36. The molecule has 2 aromatic rings. The third-order valence-electron chi connectivity index (χ3n) is 3.18. The van der Waals surface area contributed by atoms with Crippen LogP contribution in [0.15, 0.2) is 36.4 Å². The van der Waals surface area contributed by atoms with Crippen molar-refractivity contribution in [1.29, 1.82) is 0 Å². The lowest BCUT2D eigenvalue weighted by Gasteiger charge is -2.10. The molecule has 1 amide bonds. The molecule has 1 heterocycles. The van der Waals surface area contributed by atoms with Crippen LogP contribution in [0.25, 0.3) is 0 Å². The van der Waals surface area contributed by atoms with Crippen molar-refractivity contribution in [3.05, 3.63) is 53.2 Å². The molecule has 0 saturated carbocycles. The Morgan fingerprint density at radius 3 is 2.67 bits per heavy atom. The summed E-state index contributed by atoms with van der Waals surface area (Å²) in [5.41, 5.74) is 3.65.